The molecule has 0 aromatic heterocycles. The number of piperidine rings is 1. The molecule has 1 aromatic carbocycles. The van der Waals surface area contributed by atoms with Crippen LogP contribution in [0.3, 0.4) is 0 Å². The van der Waals surface area contributed by atoms with Crippen molar-refractivity contribution in [1.29, 1.82) is 0 Å². The van der Waals surface area contributed by atoms with E-state index in [1.54, 1.807) is 11.0 Å². The van der Waals surface area contributed by atoms with E-state index in [1.165, 1.54) is 19.2 Å². The number of halogens is 1. The lowest BCUT2D eigenvalue weighted by Gasteiger charge is -2.35. The number of esters is 1. The summed E-state index contributed by atoms with van der Waals surface area (Å²) in [6.07, 6.45) is 2.10. The summed E-state index contributed by atoms with van der Waals surface area (Å²) in [7, 11) is 1.40. The number of likely N-dealkylation sites (tertiary alicyclic amines) is 1. The van der Waals surface area contributed by atoms with Crippen LogP contribution in [0.15, 0.2) is 24.3 Å². The molecule has 1 aliphatic heterocycles. The zero-order valence-electron chi connectivity index (χ0n) is 14.3. The van der Waals surface area contributed by atoms with Crippen LogP contribution in [0.1, 0.15) is 25.3 Å². The van der Waals surface area contributed by atoms with Gasteiger partial charge in [0.1, 0.15) is 5.82 Å². The Kier molecular flexibility index (Phi) is 6.58. The molecule has 1 aromatic rings. The molecule has 2 rings (SSSR count). The fourth-order valence-corrected chi connectivity index (χ4v) is 3.12. The molecule has 1 aliphatic rings. The summed E-state index contributed by atoms with van der Waals surface area (Å²) in [5.74, 6) is -0.479. The summed E-state index contributed by atoms with van der Waals surface area (Å²) in [5.41, 5.74) is 0.928. The minimum Gasteiger partial charge on any atom is -0.469 e. The highest BCUT2D eigenvalue weighted by Gasteiger charge is 2.33. The second-order valence-corrected chi connectivity index (χ2v) is 6.31. The molecule has 2 amide bonds. The van der Waals surface area contributed by atoms with Crippen LogP contribution in [0.25, 0.3) is 0 Å². The maximum absolute atomic E-state index is 13.1. The van der Waals surface area contributed by atoms with Crippen molar-refractivity contribution < 1.29 is 18.7 Å². The van der Waals surface area contributed by atoms with Gasteiger partial charge in [-0.2, -0.15) is 0 Å². The highest BCUT2D eigenvalue weighted by Crippen LogP contribution is 2.24. The van der Waals surface area contributed by atoms with E-state index in [2.05, 4.69) is 5.32 Å². The molecule has 1 fully saturated rings. The van der Waals surface area contributed by atoms with Gasteiger partial charge in [-0.05, 0) is 42.9 Å². The Morgan fingerprint density at radius 3 is 2.88 bits per heavy atom. The van der Waals surface area contributed by atoms with Crippen molar-refractivity contribution in [3.05, 3.63) is 35.6 Å². The van der Waals surface area contributed by atoms with Gasteiger partial charge in [-0.25, -0.2) is 9.18 Å². The average Bonchev–Trinajstić information content (AvgIpc) is 2.58. The molecule has 0 unspecified atom stereocenters. The monoisotopic (exact) mass is 336 g/mol. The summed E-state index contributed by atoms with van der Waals surface area (Å²) in [4.78, 5) is 25.6. The standard InChI is InChI=1S/C18H25FN2O3/c1-13-12-21(10-8-16(13)17(22)24-2)18(23)20-9-4-6-14-5-3-7-15(19)11-14/h3,5,7,11,13,16H,4,6,8-10,12H2,1-2H3,(H,20,23)/t13-,16-/m0/s1. The maximum atomic E-state index is 13.1. The van der Waals surface area contributed by atoms with E-state index < -0.39 is 0 Å². The van der Waals surface area contributed by atoms with Gasteiger partial charge in [0.25, 0.3) is 0 Å². The lowest BCUT2D eigenvalue weighted by Crippen LogP contribution is -2.49. The maximum Gasteiger partial charge on any atom is 0.317 e. The van der Waals surface area contributed by atoms with E-state index in [4.69, 9.17) is 4.74 Å². The van der Waals surface area contributed by atoms with Crippen LogP contribution >= 0.6 is 0 Å². The van der Waals surface area contributed by atoms with Crippen molar-refractivity contribution in [2.75, 3.05) is 26.7 Å². The van der Waals surface area contributed by atoms with E-state index >= 15 is 0 Å². The Hall–Kier alpha value is -2.11. The molecule has 132 valence electrons. The van der Waals surface area contributed by atoms with Crippen molar-refractivity contribution in [1.82, 2.24) is 10.2 Å². The quantitative estimate of drug-likeness (QED) is 0.664. The molecule has 0 spiro atoms. The molecule has 1 heterocycles. The SMILES string of the molecule is COC(=O)[C@H]1CCN(C(=O)NCCCc2cccc(F)c2)C[C@@H]1C. The fourth-order valence-electron chi connectivity index (χ4n) is 3.12. The molecule has 0 radical (unpaired) electrons. The second-order valence-electron chi connectivity index (χ2n) is 6.31. The highest BCUT2D eigenvalue weighted by molar-refractivity contribution is 5.76. The van der Waals surface area contributed by atoms with Gasteiger partial charge in [-0.3, -0.25) is 4.79 Å². The predicted octanol–water partition coefficient (Wildman–Crippen LogP) is 2.60. The number of aryl methyl sites for hydroxylation is 1. The first-order chi connectivity index (χ1) is 11.5. The normalized spacial score (nSPS) is 20.5. The topological polar surface area (TPSA) is 58.6 Å². The zero-order valence-corrected chi connectivity index (χ0v) is 14.3. The summed E-state index contributed by atoms with van der Waals surface area (Å²) in [6, 6.07) is 6.40. The number of nitrogens with zero attached hydrogens (tertiary/aromatic N) is 1. The van der Waals surface area contributed by atoms with Crippen molar-refractivity contribution in [3.8, 4) is 0 Å². The number of carbonyl (C=O) groups excluding carboxylic acids is 2. The Labute approximate surface area is 142 Å². The summed E-state index contributed by atoms with van der Waals surface area (Å²) < 4.78 is 17.9. The second kappa shape index (κ2) is 8.66. The van der Waals surface area contributed by atoms with Crippen LogP contribution in [0.2, 0.25) is 0 Å². The molecule has 2 atom stereocenters. The van der Waals surface area contributed by atoms with E-state index in [1.807, 2.05) is 13.0 Å². The van der Waals surface area contributed by atoms with Gasteiger partial charge in [0.2, 0.25) is 0 Å². The number of amides is 2. The molecular weight excluding hydrogens is 311 g/mol. The molecular formula is C18H25FN2O3. The number of benzene rings is 1. The van der Waals surface area contributed by atoms with Crippen molar-refractivity contribution in [2.45, 2.75) is 26.2 Å². The van der Waals surface area contributed by atoms with Gasteiger partial charge in [0.05, 0.1) is 13.0 Å². The third-order valence-corrected chi connectivity index (χ3v) is 4.50. The van der Waals surface area contributed by atoms with Gasteiger partial charge in [0.15, 0.2) is 0 Å². The lowest BCUT2D eigenvalue weighted by molar-refractivity contribution is -0.148. The molecule has 1 N–H and O–H groups in total. The van der Waals surface area contributed by atoms with Gasteiger partial charge in [-0.1, -0.05) is 19.1 Å². The number of hydrogen-bond donors (Lipinski definition) is 1. The lowest BCUT2D eigenvalue weighted by atomic mass is 9.87. The van der Waals surface area contributed by atoms with Gasteiger partial charge in [0, 0.05) is 19.6 Å². The molecule has 5 nitrogen and oxygen atoms in total. The van der Waals surface area contributed by atoms with Crippen LogP contribution in [0.5, 0.6) is 0 Å². The number of ether oxygens (including phenoxy) is 1. The zero-order chi connectivity index (χ0) is 17.5. The minimum absolute atomic E-state index is 0.0873. The van der Waals surface area contributed by atoms with Crippen LogP contribution in [0, 0.1) is 17.7 Å². The number of rotatable bonds is 5. The first kappa shape index (κ1) is 18.2. The van der Waals surface area contributed by atoms with E-state index in [0.29, 0.717) is 26.1 Å². The van der Waals surface area contributed by atoms with E-state index in [9.17, 15) is 14.0 Å². The van der Waals surface area contributed by atoms with Crippen molar-refractivity contribution in [3.63, 3.8) is 0 Å². The van der Waals surface area contributed by atoms with Crippen LogP contribution in [-0.4, -0.2) is 43.6 Å². The number of urea groups is 1. The third kappa shape index (κ3) is 4.94. The van der Waals surface area contributed by atoms with E-state index in [-0.39, 0.29) is 29.7 Å². The van der Waals surface area contributed by atoms with Gasteiger partial charge < -0.3 is 15.0 Å². The Bertz CT molecular complexity index is 579. The molecule has 0 saturated carbocycles. The highest BCUT2D eigenvalue weighted by atomic mass is 19.1. The van der Waals surface area contributed by atoms with Crippen LogP contribution in [-0.2, 0) is 16.0 Å². The van der Waals surface area contributed by atoms with Gasteiger partial charge >= 0.3 is 12.0 Å². The number of carbonyl (C=O) groups is 2. The first-order valence-electron chi connectivity index (χ1n) is 8.36. The molecule has 1 saturated heterocycles. The summed E-state index contributed by atoms with van der Waals surface area (Å²) >= 11 is 0. The van der Waals surface area contributed by atoms with Crippen LogP contribution < -0.4 is 5.32 Å². The van der Waals surface area contributed by atoms with E-state index in [0.717, 1.165) is 18.4 Å². The third-order valence-electron chi connectivity index (χ3n) is 4.50. The molecule has 24 heavy (non-hydrogen) atoms. The van der Waals surface area contributed by atoms with Crippen LogP contribution in [0.4, 0.5) is 9.18 Å². The van der Waals surface area contributed by atoms with Crippen molar-refractivity contribution >= 4 is 12.0 Å². The number of nitrogens with one attached hydrogen (secondary N) is 1. The summed E-state index contributed by atoms with van der Waals surface area (Å²) in [5, 5.41) is 2.89. The fraction of sp³-hybridized carbons (Fsp3) is 0.556. The average molecular weight is 336 g/mol. The largest absolute Gasteiger partial charge is 0.469 e. The minimum atomic E-state index is -0.237. The summed E-state index contributed by atoms with van der Waals surface area (Å²) in [6.45, 7) is 3.61. The Balaban J connectivity index is 1.70. The molecule has 0 aliphatic carbocycles. The first-order valence-corrected chi connectivity index (χ1v) is 8.36. The number of methoxy groups -OCH3 is 1. The number of hydrogen-bond acceptors (Lipinski definition) is 3. The Morgan fingerprint density at radius 1 is 1.42 bits per heavy atom. The molecule has 6 heteroatoms. The molecule has 0 bridgehead atoms. The predicted molar refractivity (Wildman–Crippen MR) is 89.0 cm³/mol. The Morgan fingerprint density at radius 2 is 2.21 bits per heavy atom. The smallest absolute Gasteiger partial charge is 0.317 e. The van der Waals surface area contributed by atoms with Gasteiger partial charge in [-0.15, -0.1) is 0 Å². The van der Waals surface area contributed by atoms with Crippen molar-refractivity contribution in [2.24, 2.45) is 11.8 Å².